The summed E-state index contributed by atoms with van der Waals surface area (Å²) in [7, 11) is 0. The lowest BCUT2D eigenvalue weighted by Gasteiger charge is -2.19. The minimum Gasteiger partial charge on any atom is -0.488 e. The zero-order valence-corrected chi connectivity index (χ0v) is 18.6. The monoisotopic (exact) mass is 487 g/mol. The molecule has 184 valence electrons. The molecule has 1 aromatic carbocycles. The van der Waals surface area contributed by atoms with Crippen LogP contribution in [0.2, 0.25) is 0 Å². The summed E-state index contributed by atoms with van der Waals surface area (Å²) < 4.78 is 51.6. The van der Waals surface area contributed by atoms with Gasteiger partial charge in [-0.1, -0.05) is 18.2 Å². The Hall–Kier alpha value is -3.83. The molecule has 3 heterocycles. The number of ether oxygens (including phenoxy) is 1. The van der Waals surface area contributed by atoms with Crippen molar-refractivity contribution in [1.29, 1.82) is 0 Å². The second-order valence-corrected chi connectivity index (χ2v) is 7.80. The highest BCUT2D eigenvalue weighted by molar-refractivity contribution is 5.97. The first-order valence-electron chi connectivity index (χ1n) is 10.9. The zero-order valence-electron chi connectivity index (χ0n) is 18.6. The largest absolute Gasteiger partial charge is 0.488 e. The highest BCUT2D eigenvalue weighted by Crippen LogP contribution is 2.35. The number of benzene rings is 1. The van der Waals surface area contributed by atoms with Crippen LogP contribution in [0, 0.1) is 0 Å². The highest BCUT2D eigenvalue weighted by Gasteiger charge is 2.33. The number of hydrogen-bond acceptors (Lipinski definition) is 6. The second-order valence-electron chi connectivity index (χ2n) is 7.80. The van der Waals surface area contributed by atoms with Crippen molar-refractivity contribution in [2.45, 2.75) is 18.6 Å². The average Bonchev–Trinajstić information content (AvgIpc) is 3.49. The second kappa shape index (κ2) is 10.2. The molecule has 0 fully saturated rings. The third-order valence-corrected chi connectivity index (χ3v) is 5.41. The third-order valence-electron chi connectivity index (χ3n) is 5.41. The third kappa shape index (κ3) is 5.31. The summed E-state index contributed by atoms with van der Waals surface area (Å²) >= 11 is 0. The Balaban J connectivity index is 1.61. The van der Waals surface area contributed by atoms with Gasteiger partial charge in [-0.15, -0.1) is 0 Å². The van der Waals surface area contributed by atoms with Gasteiger partial charge in [0, 0.05) is 48.5 Å². The Kier molecular flexibility index (Phi) is 7.08. The summed E-state index contributed by atoms with van der Waals surface area (Å²) in [5.74, 6) is -0.269. The van der Waals surface area contributed by atoms with Crippen molar-refractivity contribution < 1.29 is 27.1 Å². The van der Waals surface area contributed by atoms with Crippen molar-refractivity contribution in [3.05, 3.63) is 71.7 Å². The van der Waals surface area contributed by atoms with Gasteiger partial charge < -0.3 is 30.9 Å². The van der Waals surface area contributed by atoms with Crippen molar-refractivity contribution in [2.75, 3.05) is 19.7 Å². The molecule has 3 aromatic heterocycles. The number of furan rings is 1. The van der Waals surface area contributed by atoms with E-state index in [4.69, 9.17) is 20.6 Å². The summed E-state index contributed by atoms with van der Waals surface area (Å²) in [4.78, 5) is 20.4. The van der Waals surface area contributed by atoms with Crippen LogP contribution in [0.25, 0.3) is 22.4 Å². The number of aromatic amines is 1. The fourth-order valence-corrected chi connectivity index (χ4v) is 3.80. The molecule has 0 aliphatic heterocycles. The van der Waals surface area contributed by atoms with E-state index in [-0.39, 0.29) is 43.2 Å². The van der Waals surface area contributed by atoms with E-state index >= 15 is 0 Å². The summed E-state index contributed by atoms with van der Waals surface area (Å²) in [5.41, 5.74) is 11.9. The van der Waals surface area contributed by atoms with Crippen LogP contribution in [0.3, 0.4) is 0 Å². The number of nitrogens with one attached hydrogen (secondary N) is 2. The van der Waals surface area contributed by atoms with Gasteiger partial charge in [-0.25, -0.2) is 4.98 Å². The van der Waals surface area contributed by atoms with E-state index in [1.54, 1.807) is 24.5 Å². The average molecular weight is 487 g/mol. The van der Waals surface area contributed by atoms with Crippen LogP contribution in [0.5, 0.6) is 5.75 Å². The number of halogens is 3. The van der Waals surface area contributed by atoms with E-state index in [1.807, 2.05) is 6.07 Å². The van der Waals surface area contributed by atoms with Crippen LogP contribution in [-0.4, -0.2) is 41.6 Å². The van der Waals surface area contributed by atoms with Crippen LogP contribution in [0.15, 0.2) is 59.3 Å². The van der Waals surface area contributed by atoms with Crippen molar-refractivity contribution in [1.82, 2.24) is 15.3 Å². The minimum atomic E-state index is -4.52. The number of H-pyrrole nitrogens is 1. The lowest BCUT2D eigenvalue weighted by atomic mass is 9.99. The van der Waals surface area contributed by atoms with E-state index < -0.39 is 23.7 Å². The van der Waals surface area contributed by atoms with Gasteiger partial charge in [0.15, 0.2) is 5.75 Å². The molecule has 4 rings (SSSR count). The normalized spacial score (nSPS) is 12.6. The molecule has 1 atom stereocenters. The molecule has 0 spiro atoms. The summed E-state index contributed by atoms with van der Waals surface area (Å²) in [5, 5.41) is 3.45. The molecule has 0 aliphatic rings. The summed E-state index contributed by atoms with van der Waals surface area (Å²) in [6.45, 7) is 0.256. The van der Waals surface area contributed by atoms with Crippen molar-refractivity contribution in [3.63, 3.8) is 0 Å². The van der Waals surface area contributed by atoms with Gasteiger partial charge in [-0.05, 0) is 30.2 Å². The molecule has 35 heavy (non-hydrogen) atoms. The number of nitrogens with two attached hydrogens (primary N) is 2. The van der Waals surface area contributed by atoms with Gasteiger partial charge in [0.2, 0.25) is 5.76 Å². The number of aromatic nitrogens is 2. The van der Waals surface area contributed by atoms with Gasteiger partial charge in [-0.3, -0.25) is 4.79 Å². The number of alkyl halides is 3. The van der Waals surface area contributed by atoms with Crippen LogP contribution < -0.4 is 21.5 Å². The van der Waals surface area contributed by atoms with Crippen molar-refractivity contribution in [3.8, 4) is 17.1 Å². The number of fused-ring (bicyclic) bond motifs is 1. The van der Waals surface area contributed by atoms with Gasteiger partial charge in [0.25, 0.3) is 5.91 Å². The smallest absolute Gasteiger partial charge is 0.416 e. The quantitative estimate of drug-likeness (QED) is 0.286. The molecule has 4 aromatic rings. The minimum absolute atomic E-state index is 0.0297. The molecule has 8 nitrogen and oxygen atoms in total. The summed E-state index contributed by atoms with van der Waals surface area (Å²) in [6.07, 6.45) is -1.31. The van der Waals surface area contributed by atoms with Gasteiger partial charge in [0.1, 0.15) is 18.0 Å². The number of nitrogens with zero attached hydrogens (tertiary/aromatic N) is 1. The predicted octanol–water partition coefficient (Wildman–Crippen LogP) is 3.48. The van der Waals surface area contributed by atoms with E-state index in [0.717, 1.165) is 11.5 Å². The Morgan fingerprint density at radius 2 is 2.00 bits per heavy atom. The summed E-state index contributed by atoms with van der Waals surface area (Å²) in [6, 6.07) is 9.54. The van der Waals surface area contributed by atoms with Crippen LogP contribution >= 0.6 is 0 Å². The number of carbonyl (C=O) groups excluding carboxylic acids is 1. The Morgan fingerprint density at radius 3 is 2.74 bits per heavy atom. The molecular weight excluding hydrogens is 463 g/mol. The maximum absolute atomic E-state index is 13.4. The fraction of sp³-hybridized carbons (Fsp3) is 0.250. The SMILES string of the molecule is NCCOc1cc(-c2ccnc3[nH]ccc23)oc1C(=O)N[C@H](CN)Cc1ccccc1C(F)(F)F. The highest BCUT2D eigenvalue weighted by atomic mass is 19.4. The van der Waals surface area contributed by atoms with Gasteiger partial charge >= 0.3 is 6.18 Å². The fourth-order valence-electron chi connectivity index (χ4n) is 3.80. The molecule has 0 bridgehead atoms. The van der Waals surface area contributed by atoms with E-state index in [9.17, 15) is 18.0 Å². The Bertz CT molecular complexity index is 1320. The number of hydrogen-bond donors (Lipinski definition) is 4. The number of amides is 1. The van der Waals surface area contributed by atoms with Crippen LogP contribution in [0.4, 0.5) is 13.2 Å². The van der Waals surface area contributed by atoms with Gasteiger partial charge in [0.05, 0.1) is 5.56 Å². The molecule has 11 heteroatoms. The van der Waals surface area contributed by atoms with Crippen molar-refractivity contribution >= 4 is 16.9 Å². The van der Waals surface area contributed by atoms with Gasteiger partial charge in [-0.2, -0.15) is 13.2 Å². The first-order chi connectivity index (χ1) is 16.8. The predicted molar refractivity (Wildman–Crippen MR) is 124 cm³/mol. The molecule has 1 amide bonds. The number of carbonyl (C=O) groups is 1. The van der Waals surface area contributed by atoms with Crippen molar-refractivity contribution in [2.24, 2.45) is 11.5 Å². The standard InChI is InChI=1S/C24H24F3N5O3/c25-24(26,27)18-4-2-1-3-14(18)11-15(13-29)32-23(33)21-20(34-10-7-28)12-19(35-21)16-5-8-30-22-17(16)6-9-31-22/h1-6,8-9,12,15H,7,10-11,13,28-29H2,(H,30,31)(H,32,33)/t15-/m0/s1. The lowest BCUT2D eigenvalue weighted by Crippen LogP contribution is -2.42. The van der Waals surface area contributed by atoms with Crippen LogP contribution in [-0.2, 0) is 12.6 Å². The topological polar surface area (TPSA) is 132 Å². The zero-order chi connectivity index (χ0) is 25.0. The Morgan fingerprint density at radius 1 is 1.20 bits per heavy atom. The van der Waals surface area contributed by atoms with E-state index in [1.165, 1.54) is 18.2 Å². The maximum Gasteiger partial charge on any atom is 0.416 e. The Labute approximate surface area is 198 Å². The molecule has 0 saturated heterocycles. The number of rotatable bonds is 9. The molecule has 0 radical (unpaired) electrons. The molecule has 0 aliphatic carbocycles. The maximum atomic E-state index is 13.4. The molecule has 0 unspecified atom stereocenters. The van der Waals surface area contributed by atoms with E-state index in [0.29, 0.717) is 17.0 Å². The molecule has 0 saturated carbocycles. The molecular formula is C24H24F3N5O3. The molecule has 6 N–H and O–H groups in total. The lowest BCUT2D eigenvalue weighted by molar-refractivity contribution is -0.138. The number of pyridine rings is 1. The van der Waals surface area contributed by atoms with Crippen LogP contribution in [0.1, 0.15) is 21.7 Å². The first-order valence-corrected chi connectivity index (χ1v) is 10.9. The first kappa shape index (κ1) is 24.3. The van der Waals surface area contributed by atoms with E-state index in [2.05, 4.69) is 15.3 Å².